The van der Waals surface area contributed by atoms with Crippen LogP contribution in [-0.2, 0) is 14.4 Å². The Morgan fingerprint density at radius 3 is 2.00 bits per heavy atom. The molecule has 0 aromatic heterocycles. The number of benzene rings is 2. The molecule has 0 bridgehead atoms. The summed E-state index contributed by atoms with van der Waals surface area (Å²) in [4.78, 5) is 38.2. The molecule has 148 valence electrons. The third kappa shape index (κ3) is 4.21. The fourth-order valence-corrected chi connectivity index (χ4v) is 3.68. The molecule has 29 heavy (non-hydrogen) atoms. The molecular formula is C23H21NO5. The van der Waals surface area contributed by atoms with E-state index in [0.717, 1.165) is 0 Å². The Kier molecular flexibility index (Phi) is 5.42. The van der Waals surface area contributed by atoms with Gasteiger partial charge in [-0.05, 0) is 49.2 Å². The van der Waals surface area contributed by atoms with Gasteiger partial charge in [0, 0.05) is 6.54 Å². The van der Waals surface area contributed by atoms with E-state index in [1.165, 1.54) is 4.90 Å². The Morgan fingerprint density at radius 1 is 0.828 bits per heavy atom. The van der Waals surface area contributed by atoms with Gasteiger partial charge in [-0.1, -0.05) is 30.4 Å². The zero-order valence-corrected chi connectivity index (χ0v) is 15.8. The minimum Gasteiger partial charge on any atom is -0.457 e. The van der Waals surface area contributed by atoms with Crippen LogP contribution in [-0.4, -0.2) is 29.2 Å². The standard InChI is InChI=1S/C23H21NO5/c25-21(14-15-24-22(26)19-8-4-5-9-20(19)23(24)27)29-18-12-10-17(11-13-18)28-16-6-2-1-3-7-16/h1-7,10-13,19-20H,8-9,14-15H2/t19-,20+. The van der Waals surface area contributed by atoms with E-state index >= 15 is 0 Å². The van der Waals surface area contributed by atoms with Gasteiger partial charge in [0.05, 0.1) is 18.3 Å². The largest absolute Gasteiger partial charge is 0.457 e. The molecule has 0 saturated carbocycles. The maximum absolute atomic E-state index is 12.4. The Balaban J connectivity index is 1.29. The zero-order valence-electron chi connectivity index (χ0n) is 15.8. The highest BCUT2D eigenvalue weighted by Crippen LogP contribution is 2.35. The van der Waals surface area contributed by atoms with Crippen molar-refractivity contribution < 1.29 is 23.9 Å². The number of amides is 2. The van der Waals surface area contributed by atoms with Crippen molar-refractivity contribution >= 4 is 17.8 Å². The van der Waals surface area contributed by atoms with Gasteiger partial charge >= 0.3 is 5.97 Å². The van der Waals surface area contributed by atoms with Crippen molar-refractivity contribution in [1.29, 1.82) is 0 Å². The summed E-state index contributed by atoms with van der Waals surface area (Å²) in [5.41, 5.74) is 0. The monoisotopic (exact) mass is 391 g/mol. The molecule has 1 aliphatic heterocycles. The first-order valence-corrected chi connectivity index (χ1v) is 9.65. The zero-order chi connectivity index (χ0) is 20.2. The Hall–Kier alpha value is -3.41. The van der Waals surface area contributed by atoms with Crippen LogP contribution in [0.2, 0.25) is 0 Å². The average Bonchev–Trinajstić information content (AvgIpc) is 2.99. The third-order valence-corrected chi connectivity index (χ3v) is 5.17. The van der Waals surface area contributed by atoms with Gasteiger partial charge in [-0.15, -0.1) is 0 Å². The number of likely N-dealkylation sites (tertiary alicyclic amines) is 1. The molecule has 1 saturated heterocycles. The number of carbonyl (C=O) groups is 3. The van der Waals surface area contributed by atoms with Gasteiger partial charge < -0.3 is 9.47 Å². The van der Waals surface area contributed by atoms with Crippen LogP contribution in [0.3, 0.4) is 0 Å². The molecular weight excluding hydrogens is 370 g/mol. The number of fused-ring (bicyclic) bond motifs is 1. The van der Waals surface area contributed by atoms with Crippen LogP contribution in [0.1, 0.15) is 19.3 Å². The molecule has 2 atom stereocenters. The number of para-hydroxylation sites is 1. The third-order valence-electron chi connectivity index (χ3n) is 5.17. The lowest BCUT2D eigenvalue weighted by atomic mass is 9.85. The summed E-state index contributed by atoms with van der Waals surface area (Å²) in [5, 5.41) is 0. The molecule has 0 unspecified atom stereocenters. The van der Waals surface area contributed by atoms with Gasteiger partial charge in [0.15, 0.2) is 0 Å². The van der Waals surface area contributed by atoms with E-state index in [4.69, 9.17) is 9.47 Å². The summed E-state index contributed by atoms with van der Waals surface area (Å²) in [6, 6.07) is 16.1. The highest BCUT2D eigenvalue weighted by atomic mass is 16.5. The SMILES string of the molecule is O=C(CCN1C(=O)[C@H]2CC=CC[C@H]2C1=O)Oc1ccc(Oc2ccccc2)cc1. The lowest BCUT2D eigenvalue weighted by molar-refractivity contribution is -0.141. The molecule has 0 radical (unpaired) electrons. The molecule has 6 heteroatoms. The van der Waals surface area contributed by atoms with Crippen molar-refractivity contribution in [2.24, 2.45) is 11.8 Å². The van der Waals surface area contributed by atoms with Crippen molar-refractivity contribution in [3.05, 3.63) is 66.7 Å². The number of allylic oxidation sites excluding steroid dienone is 2. The van der Waals surface area contributed by atoms with Gasteiger partial charge in [0.2, 0.25) is 11.8 Å². The maximum atomic E-state index is 12.4. The van der Waals surface area contributed by atoms with Crippen LogP contribution >= 0.6 is 0 Å². The Bertz CT molecular complexity index is 910. The number of rotatable bonds is 6. The van der Waals surface area contributed by atoms with Crippen LogP contribution in [0.15, 0.2) is 66.7 Å². The van der Waals surface area contributed by atoms with Gasteiger partial charge in [0.25, 0.3) is 0 Å². The van der Waals surface area contributed by atoms with Gasteiger partial charge in [-0.25, -0.2) is 0 Å². The molecule has 6 nitrogen and oxygen atoms in total. The summed E-state index contributed by atoms with van der Waals surface area (Å²) in [6.07, 6.45) is 5.03. The molecule has 2 aromatic carbocycles. The Morgan fingerprint density at radius 2 is 1.38 bits per heavy atom. The second-order valence-electron chi connectivity index (χ2n) is 7.09. The van der Waals surface area contributed by atoms with Gasteiger partial charge in [0.1, 0.15) is 17.2 Å². The van der Waals surface area contributed by atoms with Crippen molar-refractivity contribution in [1.82, 2.24) is 4.90 Å². The van der Waals surface area contributed by atoms with E-state index in [9.17, 15) is 14.4 Å². The molecule has 2 amide bonds. The van der Waals surface area contributed by atoms with E-state index in [2.05, 4.69) is 0 Å². The quantitative estimate of drug-likeness (QED) is 0.325. The van der Waals surface area contributed by atoms with Crippen molar-refractivity contribution in [3.63, 3.8) is 0 Å². The molecule has 4 rings (SSSR count). The lowest BCUT2D eigenvalue weighted by Gasteiger charge is -2.14. The van der Waals surface area contributed by atoms with Crippen LogP contribution in [0.4, 0.5) is 0 Å². The lowest BCUT2D eigenvalue weighted by Crippen LogP contribution is -2.33. The van der Waals surface area contributed by atoms with E-state index in [1.807, 2.05) is 42.5 Å². The van der Waals surface area contributed by atoms with Crippen LogP contribution in [0.5, 0.6) is 17.2 Å². The average molecular weight is 391 g/mol. The number of carbonyl (C=O) groups excluding carboxylic acids is 3. The second kappa shape index (κ2) is 8.31. The number of imide groups is 1. The predicted octanol–water partition coefficient (Wildman–Crippen LogP) is 3.73. The van der Waals surface area contributed by atoms with E-state index in [0.29, 0.717) is 30.1 Å². The van der Waals surface area contributed by atoms with E-state index in [1.54, 1.807) is 24.3 Å². The van der Waals surface area contributed by atoms with Crippen molar-refractivity contribution in [2.75, 3.05) is 6.54 Å². The summed E-state index contributed by atoms with van der Waals surface area (Å²) >= 11 is 0. The molecule has 2 aromatic rings. The number of ether oxygens (including phenoxy) is 2. The summed E-state index contributed by atoms with van der Waals surface area (Å²) in [6.45, 7) is 0.0543. The smallest absolute Gasteiger partial charge is 0.312 e. The van der Waals surface area contributed by atoms with Crippen LogP contribution in [0, 0.1) is 11.8 Å². The molecule has 1 fully saturated rings. The van der Waals surface area contributed by atoms with Crippen molar-refractivity contribution in [3.8, 4) is 17.2 Å². The normalized spacial score (nSPS) is 20.5. The molecule has 0 spiro atoms. The highest BCUT2D eigenvalue weighted by Gasteiger charge is 2.46. The first-order valence-electron chi connectivity index (χ1n) is 9.65. The van der Waals surface area contributed by atoms with Gasteiger partial charge in [-0.2, -0.15) is 0 Å². The highest BCUT2D eigenvalue weighted by molar-refractivity contribution is 6.05. The summed E-state index contributed by atoms with van der Waals surface area (Å²) < 4.78 is 11.0. The minimum absolute atomic E-state index is 0.0351. The first kappa shape index (κ1) is 18.9. The number of hydrogen-bond acceptors (Lipinski definition) is 5. The fraction of sp³-hybridized carbons (Fsp3) is 0.261. The summed E-state index contributed by atoms with van der Waals surface area (Å²) in [7, 11) is 0. The van der Waals surface area contributed by atoms with Crippen LogP contribution < -0.4 is 9.47 Å². The fourth-order valence-electron chi connectivity index (χ4n) is 3.68. The second-order valence-corrected chi connectivity index (χ2v) is 7.09. The topological polar surface area (TPSA) is 72.9 Å². The van der Waals surface area contributed by atoms with E-state index < -0.39 is 5.97 Å². The van der Waals surface area contributed by atoms with Crippen molar-refractivity contribution in [2.45, 2.75) is 19.3 Å². The maximum Gasteiger partial charge on any atom is 0.312 e. The number of hydrogen-bond donors (Lipinski definition) is 0. The molecule has 1 aliphatic carbocycles. The van der Waals surface area contributed by atoms with E-state index in [-0.39, 0.29) is 36.6 Å². The molecule has 2 aliphatic rings. The van der Waals surface area contributed by atoms with Crippen LogP contribution in [0.25, 0.3) is 0 Å². The Labute approximate surface area is 168 Å². The number of esters is 1. The molecule has 1 heterocycles. The summed E-state index contributed by atoms with van der Waals surface area (Å²) in [5.74, 6) is 0.316. The van der Waals surface area contributed by atoms with Gasteiger partial charge in [-0.3, -0.25) is 19.3 Å². The minimum atomic E-state index is -0.490. The predicted molar refractivity (Wildman–Crippen MR) is 105 cm³/mol. The molecule has 0 N–H and O–H groups in total. The number of nitrogens with zero attached hydrogens (tertiary/aromatic N) is 1. The first-order chi connectivity index (χ1) is 14.1.